The molecule has 3 rings (SSSR count). The first-order valence-corrected chi connectivity index (χ1v) is 7.54. The molecular formula is C15H24N4O. The van der Waals surface area contributed by atoms with Crippen molar-refractivity contribution >= 4 is 5.91 Å². The zero-order valence-corrected chi connectivity index (χ0v) is 12.2. The molecule has 1 aromatic heterocycles. The van der Waals surface area contributed by atoms with Gasteiger partial charge in [-0.05, 0) is 37.4 Å². The summed E-state index contributed by atoms with van der Waals surface area (Å²) in [6, 6.07) is 0.152. The lowest BCUT2D eigenvalue weighted by molar-refractivity contribution is -0.133. The van der Waals surface area contributed by atoms with E-state index in [0.29, 0.717) is 6.54 Å². The highest BCUT2D eigenvalue weighted by atomic mass is 16.2. The second kappa shape index (κ2) is 5.58. The molecule has 5 nitrogen and oxygen atoms in total. The van der Waals surface area contributed by atoms with Crippen molar-refractivity contribution < 1.29 is 4.79 Å². The van der Waals surface area contributed by atoms with E-state index in [-0.39, 0.29) is 11.9 Å². The summed E-state index contributed by atoms with van der Waals surface area (Å²) in [5.74, 6) is 0.221. The first kappa shape index (κ1) is 13.6. The molecule has 1 aromatic rings. The van der Waals surface area contributed by atoms with Crippen molar-refractivity contribution in [2.45, 2.75) is 31.8 Å². The Labute approximate surface area is 120 Å². The van der Waals surface area contributed by atoms with Crippen LogP contribution in [0.4, 0.5) is 0 Å². The van der Waals surface area contributed by atoms with Crippen molar-refractivity contribution in [2.24, 2.45) is 5.73 Å². The fourth-order valence-electron chi connectivity index (χ4n) is 3.19. The Hall–Kier alpha value is -1.33. The van der Waals surface area contributed by atoms with E-state index in [9.17, 15) is 4.79 Å². The summed E-state index contributed by atoms with van der Waals surface area (Å²) in [6.07, 6.45) is 7.50. The molecule has 2 aliphatic rings. The van der Waals surface area contributed by atoms with Gasteiger partial charge in [-0.15, -0.1) is 0 Å². The van der Waals surface area contributed by atoms with Gasteiger partial charge < -0.3 is 20.1 Å². The molecule has 1 atom stereocenters. The van der Waals surface area contributed by atoms with Gasteiger partial charge in [-0.1, -0.05) is 0 Å². The molecule has 0 spiro atoms. The Morgan fingerprint density at radius 1 is 1.30 bits per heavy atom. The number of hydrogen-bond acceptors (Lipinski definition) is 3. The monoisotopic (exact) mass is 276 g/mol. The Morgan fingerprint density at radius 3 is 2.75 bits per heavy atom. The van der Waals surface area contributed by atoms with Gasteiger partial charge in [0.1, 0.15) is 6.54 Å². The van der Waals surface area contributed by atoms with E-state index in [4.69, 9.17) is 5.73 Å². The van der Waals surface area contributed by atoms with Gasteiger partial charge in [0.25, 0.3) is 0 Å². The number of nitrogens with two attached hydrogens (primary N) is 1. The van der Waals surface area contributed by atoms with Crippen molar-refractivity contribution in [3.05, 3.63) is 23.5 Å². The SMILES string of the molecule is CN1CCN(C(=O)Cn2cc3c(c2)C(N)CCC3)CC1. The first-order valence-electron chi connectivity index (χ1n) is 7.54. The molecule has 1 fully saturated rings. The van der Waals surface area contributed by atoms with Crippen LogP contribution in [0.1, 0.15) is 30.0 Å². The molecule has 1 aliphatic carbocycles. The maximum atomic E-state index is 12.3. The number of piperazine rings is 1. The quantitative estimate of drug-likeness (QED) is 0.860. The molecule has 0 saturated carbocycles. The lowest BCUT2D eigenvalue weighted by Gasteiger charge is -2.32. The average Bonchev–Trinajstić information content (AvgIpc) is 2.83. The predicted molar refractivity (Wildman–Crippen MR) is 78.4 cm³/mol. The molecular weight excluding hydrogens is 252 g/mol. The van der Waals surface area contributed by atoms with Crippen molar-refractivity contribution in [2.75, 3.05) is 33.2 Å². The molecule has 0 bridgehead atoms. The third kappa shape index (κ3) is 2.74. The number of carbonyl (C=O) groups excluding carboxylic acids is 1. The maximum absolute atomic E-state index is 12.3. The third-order valence-corrected chi connectivity index (χ3v) is 4.53. The number of aryl methyl sites for hydroxylation is 1. The second-order valence-electron chi connectivity index (χ2n) is 6.09. The van der Waals surface area contributed by atoms with E-state index in [1.54, 1.807) is 0 Å². The smallest absolute Gasteiger partial charge is 0.242 e. The van der Waals surface area contributed by atoms with E-state index >= 15 is 0 Å². The lowest BCUT2D eigenvalue weighted by atomic mass is 9.92. The summed E-state index contributed by atoms with van der Waals surface area (Å²) in [4.78, 5) is 16.6. The standard InChI is InChI=1S/C15H24N4O/c1-17-5-7-19(8-6-17)15(20)11-18-9-12-3-2-4-14(16)13(12)10-18/h9-10,14H,2-8,11,16H2,1H3. The number of rotatable bonds is 2. The van der Waals surface area contributed by atoms with Gasteiger partial charge in [-0.25, -0.2) is 0 Å². The van der Waals surface area contributed by atoms with Crippen LogP contribution in [0.5, 0.6) is 0 Å². The summed E-state index contributed by atoms with van der Waals surface area (Å²) in [7, 11) is 2.10. The summed E-state index contributed by atoms with van der Waals surface area (Å²) < 4.78 is 2.02. The summed E-state index contributed by atoms with van der Waals surface area (Å²) in [5.41, 5.74) is 8.70. The normalized spacial score (nSPS) is 23.7. The molecule has 2 heterocycles. The molecule has 1 amide bonds. The van der Waals surface area contributed by atoms with E-state index in [1.165, 1.54) is 11.1 Å². The van der Waals surface area contributed by atoms with Crippen LogP contribution >= 0.6 is 0 Å². The van der Waals surface area contributed by atoms with Gasteiger partial charge in [0.2, 0.25) is 5.91 Å². The van der Waals surface area contributed by atoms with Gasteiger partial charge in [0, 0.05) is 44.6 Å². The molecule has 20 heavy (non-hydrogen) atoms. The van der Waals surface area contributed by atoms with Crippen LogP contribution in [-0.2, 0) is 17.8 Å². The van der Waals surface area contributed by atoms with E-state index in [1.807, 2.05) is 9.47 Å². The number of likely N-dealkylation sites (N-methyl/N-ethyl adjacent to an activating group) is 1. The zero-order chi connectivity index (χ0) is 14.1. The van der Waals surface area contributed by atoms with Gasteiger partial charge in [-0.2, -0.15) is 0 Å². The number of hydrogen-bond donors (Lipinski definition) is 1. The molecule has 5 heteroatoms. The van der Waals surface area contributed by atoms with Gasteiger partial charge >= 0.3 is 0 Å². The maximum Gasteiger partial charge on any atom is 0.242 e. The highest BCUT2D eigenvalue weighted by molar-refractivity contribution is 5.76. The van der Waals surface area contributed by atoms with Crippen molar-refractivity contribution in [3.63, 3.8) is 0 Å². The van der Waals surface area contributed by atoms with Crippen LogP contribution < -0.4 is 5.73 Å². The molecule has 1 aliphatic heterocycles. The molecule has 0 radical (unpaired) electrons. The van der Waals surface area contributed by atoms with Gasteiger partial charge in [-0.3, -0.25) is 4.79 Å². The second-order valence-corrected chi connectivity index (χ2v) is 6.09. The Balaban J connectivity index is 1.64. The highest BCUT2D eigenvalue weighted by Gasteiger charge is 2.22. The minimum absolute atomic E-state index is 0.152. The predicted octanol–water partition coefficient (Wildman–Crippen LogP) is 0.598. The summed E-state index contributed by atoms with van der Waals surface area (Å²) in [6.45, 7) is 4.08. The number of carbonyl (C=O) groups is 1. The molecule has 1 unspecified atom stereocenters. The topological polar surface area (TPSA) is 54.5 Å². The van der Waals surface area contributed by atoms with Crippen molar-refractivity contribution in [1.29, 1.82) is 0 Å². The van der Waals surface area contributed by atoms with Crippen LogP contribution in [0, 0.1) is 0 Å². The van der Waals surface area contributed by atoms with Crippen molar-refractivity contribution in [3.8, 4) is 0 Å². The van der Waals surface area contributed by atoms with Crippen LogP contribution in [0.15, 0.2) is 12.4 Å². The first-order chi connectivity index (χ1) is 9.63. The highest BCUT2D eigenvalue weighted by Crippen LogP contribution is 2.28. The van der Waals surface area contributed by atoms with Crippen LogP contribution in [-0.4, -0.2) is 53.5 Å². The summed E-state index contributed by atoms with van der Waals surface area (Å²) >= 11 is 0. The fraction of sp³-hybridized carbons (Fsp3) is 0.667. The number of fused-ring (bicyclic) bond motifs is 1. The van der Waals surface area contributed by atoms with E-state index in [2.05, 4.69) is 24.3 Å². The lowest BCUT2D eigenvalue weighted by Crippen LogP contribution is -2.48. The Morgan fingerprint density at radius 2 is 2.05 bits per heavy atom. The number of aromatic nitrogens is 1. The Bertz CT molecular complexity index is 488. The van der Waals surface area contributed by atoms with Crippen molar-refractivity contribution in [1.82, 2.24) is 14.4 Å². The minimum atomic E-state index is 0.152. The average molecular weight is 276 g/mol. The molecule has 110 valence electrons. The van der Waals surface area contributed by atoms with Gasteiger partial charge in [0.15, 0.2) is 0 Å². The molecule has 1 saturated heterocycles. The van der Waals surface area contributed by atoms with Crippen LogP contribution in [0.2, 0.25) is 0 Å². The van der Waals surface area contributed by atoms with E-state index < -0.39 is 0 Å². The molecule has 2 N–H and O–H groups in total. The van der Waals surface area contributed by atoms with E-state index in [0.717, 1.165) is 45.4 Å². The third-order valence-electron chi connectivity index (χ3n) is 4.53. The Kier molecular flexibility index (Phi) is 3.81. The fourth-order valence-corrected chi connectivity index (χ4v) is 3.19. The minimum Gasteiger partial charge on any atom is -0.344 e. The number of nitrogens with zero attached hydrogens (tertiary/aromatic N) is 3. The summed E-state index contributed by atoms with van der Waals surface area (Å²) in [5, 5.41) is 0. The van der Waals surface area contributed by atoms with Gasteiger partial charge in [0.05, 0.1) is 0 Å². The number of amides is 1. The zero-order valence-electron chi connectivity index (χ0n) is 12.2. The molecule has 0 aromatic carbocycles. The van der Waals surface area contributed by atoms with Crippen LogP contribution in [0.3, 0.4) is 0 Å². The van der Waals surface area contributed by atoms with Crippen LogP contribution in [0.25, 0.3) is 0 Å². The largest absolute Gasteiger partial charge is 0.344 e.